The molecule has 0 radical (unpaired) electrons. The van der Waals surface area contributed by atoms with Crippen LogP contribution < -0.4 is 5.32 Å². The molecule has 0 saturated carbocycles. The van der Waals surface area contributed by atoms with Gasteiger partial charge >= 0.3 is 6.09 Å². The Kier molecular flexibility index (Phi) is 6.92. The van der Waals surface area contributed by atoms with Crippen molar-refractivity contribution in [2.45, 2.75) is 18.7 Å². The third-order valence-electron chi connectivity index (χ3n) is 4.68. The number of non-ortho nitro benzene ring substituents is 1. The number of morpholine rings is 1. The minimum atomic E-state index is -1.20. The Morgan fingerprint density at radius 1 is 1.28 bits per heavy atom. The first-order chi connectivity index (χ1) is 13.8. The van der Waals surface area contributed by atoms with E-state index >= 15 is 0 Å². The Labute approximate surface area is 177 Å². The molecule has 1 aliphatic heterocycles. The molecule has 1 amide bonds. The average molecular weight is 440 g/mol. The maximum absolute atomic E-state index is 11.3. The summed E-state index contributed by atoms with van der Waals surface area (Å²) in [6.07, 6.45) is -1.65. The molecule has 1 fully saturated rings. The molecule has 0 bridgehead atoms. The first-order valence-corrected chi connectivity index (χ1v) is 9.61. The number of carbonyl (C=O) groups is 1. The molecular formula is C19H19Cl2N3O5. The number of amides is 1. The number of nitrogens with zero attached hydrogens (tertiary/aromatic N) is 2. The number of hydrogen-bond acceptors (Lipinski definition) is 5. The quantitative estimate of drug-likeness (QED) is 0.518. The Bertz CT molecular complexity index is 894. The fraction of sp³-hybridized carbons (Fsp3) is 0.316. The maximum atomic E-state index is 11.3. The third kappa shape index (κ3) is 5.57. The largest absolute Gasteiger partial charge is 0.465 e. The van der Waals surface area contributed by atoms with Crippen LogP contribution in [0, 0.1) is 10.1 Å². The van der Waals surface area contributed by atoms with Gasteiger partial charge in [0, 0.05) is 31.8 Å². The number of ether oxygens (including phenoxy) is 1. The van der Waals surface area contributed by atoms with Crippen molar-refractivity contribution in [3.05, 3.63) is 73.8 Å². The molecular weight excluding hydrogens is 421 g/mol. The van der Waals surface area contributed by atoms with Crippen molar-refractivity contribution in [2.75, 3.05) is 19.7 Å². The summed E-state index contributed by atoms with van der Waals surface area (Å²) in [6.45, 7) is 2.19. The summed E-state index contributed by atoms with van der Waals surface area (Å²) >= 11 is 12.0. The molecule has 2 aromatic rings. The molecule has 0 spiro atoms. The molecule has 1 unspecified atom stereocenters. The molecule has 2 aromatic carbocycles. The average Bonchev–Trinajstić information content (AvgIpc) is 2.69. The maximum Gasteiger partial charge on any atom is 0.405 e. The van der Waals surface area contributed by atoms with Gasteiger partial charge in [0.15, 0.2) is 0 Å². The van der Waals surface area contributed by atoms with Gasteiger partial charge in [0.25, 0.3) is 5.69 Å². The van der Waals surface area contributed by atoms with Crippen LogP contribution in [0.2, 0.25) is 10.0 Å². The SMILES string of the molecule is O=C(O)NC(c1ccc([N+](=O)[O-])cc1)[C@@H]1CN(Cc2ccc(Cl)c(Cl)c2)CCO1. The molecule has 10 heteroatoms. The van der Waals surface area contributed by atoms with Crippen molar-refractivity contribution in [3.63, 3.8) is 0 Å². The van der Waals surface area contributed by atoms with Crippen molar-refractivity contribution < 1.29 is 19.6 Å². The van der Waals surface area contributed by atoms with E-state index in [1.165, 1.54) is 12.1 Å². The van der Waals surface area contributed by atoms with Gasteiger partial charge in [0.2, 0.25) is 0 Å². The number of rotatable bonds is 6. The minimum Gasteiger partial charge on any atom is -0.465 e. The normalized spacial score (nSPS) is 18.2. The van der Waals surface area contributed by atoms with Crippen LogP contribution in [-0.2, 0) is 11.3 Å². The lowest BCUT2D eigenvalue weighted by molar-refractivity contribution is -0.384. The lowest BCUT2D eigenvalue weighted by atomic mass is 9.99. The van der Waals surface area contributed by atoms with Crippen LogP contribution in [0.25, 0.3) is 0 Å². The highest BCUT2D eigenvalue weighted by Crippen LogP contribution is 2.27. The molecule has 1 heterocycles. The molecule has 0 aliphatic carbocycles. The number of nitrogens with one attached hydrogen (secondary N) is 1. The van der Waals surface area contributed by atoms with Gasteiger partial charge in [-0.05, 0) is 23.3 Å². The van der Waals surface area contributed by atoms with Crippen molar-refractivity contribution in [2.24, 2.45) is 0 Å². The van der Waals surface area contributed by atoms with Gasteiger partial charge in [0.05, 0.1) is 33.7 Å². The fourth-order valence-electron chi connectivity index (χ4n) is 3.30. The summed E-state index contributed by atoms with van der Waals surface area (Å²) in [5.74, 6) is 0. The summed E-state index contributed by atoms with van der Waals surface area (Å²) < 4.78 is 5.84. The van der Waals surface area contributed by atoms with Crippen LogP contribution in [0.5, 0.6) is 0 Å². The number of hydrogen-bond donors (Lipinski definition) is 2. The van der Waals surface area contributed by atoms with E-state index in [9.17, 15) is 20.0 Å². The second-order valence-corrected chi connectivity index (χ2v) is 7.48. The van der Waals surface area contributed by atoms with E-state index in [1.807, 2.05) is 6.07 Å². The molecule has 29 heavy (non-hydrogen) atoms. The Morgan fingerprint density at radius 2 is 2.00 bits per heavy atom. The molecule has 1 saturated heterocycles. The number of nitro benzene ring substituents is 1. The van der Waals surface area contributed by atoms with Gasteiger partial charge in [-0.15, -0.1) is 0 Å². The summed E-state index contributed by atoms with van der Waals surface area (Å²) in [5, 5.41) is 23.6. The van der Waals surface area contributed by atoms with Crippen molar-refractivity contribution >= 4 is 35.0 Å². The van der Waals surface area contributed by atoms with E-state index in [0.717, 1.165) is 5.56 Å². The van der Waals surface area contributed by atoms with Gasteiger partial charge in [0.1, 0.15) is 0 Å². The van der Waals surface area contributed by atoms with E-state index in [1.54, 1.807) is 24.3 Å². The molecule has 3 rings (SSSR count). The van der Waals surface area contributed by atoms with E-state index in [2.05, 4.69) is 10.2 Å². The second-order valence-electron chi connectivity index (χ2n) is 6.67. The second kappa shape index (κ2) is 9.41. The topological polar surface area (TPSA) is 105 Å². The van der Waals surface area contributed by atoms with Gasteiger partial charge in [-0.1, -0.05) is 41.4 Å². The van der Waals surface area contributed by atoms with Crippen LogP contribution in [0.3, 0.4) is 0 Å². The molecule has 1 aliphatic rings. The summed E-state index contributed by atoms with van der Waals surface area (Å²) in [7, 11) is 0. The van der Waals surface area contributed by atoms with Gasteiger partial charge in [-0.3, -0.25) is 15.0 Å². The Hall–Kier alpha value is -2.39. The monoisotopic (exact) mass is 439 g/mol. The molecule has 2 atom stereocenters. The van der Waals surface area contributed by atoms with Crippen LogP contribution in [0.4, 0.5) is 10.5 Å². The molecule has 2 N–H and O–H groups in total. The lowest BCUT2D eigenvalue weighted by Gasteiger charge is -2.37. The molecule has 0 aromatic heterocycles. The van der Waals surface area contributed by atoms with Crippen molar-refractivity contribution in [1.82, 2.24) is 10.2 Å². The highest BCUT2D eigenvalue weighted by atomic mass is 35.5. The van der Waals surface area contributed by atoms with Crippen LogP contribution >= 0.6 is 23.2 Å². The minimum absolute atomic E-state index is 0.0615. The van der Waals surface area contributed by atoms with E-state index < -0.39 is 23.2 Å². The summed E-state index contributed by atoms with van der Waals surface area (Å²) in [6, 6.07) is 10.6. The van der Waals surface area contributed by atoms with E-state index in [4.69, 9.17) is 27.9 Å². The van der Waals surface area contributed by atoms with Crippen molar-refractivity contribution in [3.8, 4) is 0 Å². The van der Waals surface area contributed by atoms with Crippen LogP contribution in [0.15, 0.2) is 42.5 Å². The first kappa shape index (κ1) is 21.3. The summed E-state index contributed by atoms with van der Waals surface area (Å²) in [5.41, 5.74) is 1.52. The number of benzene rings is 2. The zero-order valence-electron chi connectivity index (χ0n) is 15.3. The number of halogens is 2. The number of carboxylic acid groups (broad SMARTS) is 1. The smallest absolute Gasteiger partial charge is 0.405 e. The number of nitro groups is 1. The Balaban J connectivity index is 1.75. The highest BCUT2D eigenvalue weighted by molar-refractivity contribution is 6.42. The predicted octanol–water partition coefficient (Wildman–Crippen LogP) is 4.11. The van der Waals surface area contributed by atoms with Gasteiger partial charge in [-0.2, -0.15) is 0 Å². The zero-order chi connectivity index (χ0) is 21.0. The standard InChI is InChI=1S/C19H19Cl2N3O5/c20-15-6-1-12(9-16(15)21)10-23-7-8-29-17(11-23)18(22-19(25)26)13-2-4-14(5-3-13)24(27)28/h1-6,9,17-18,22H,7-8,10-11H2,(H,25,26)/t17-,18?/m0/s1. The first-order valence-electron chi connectivity index (χ1n) is 8.85. The molecule has 8 nitrogen and oxygen atoms in total. The van der Waals surface area contributed by atoms with Gasteiger partial charge < -0.3 is 15.2 Å². The third-order valence-corrected chi connectivity index (χ3v) is 5.42. The predicted molar refractivity (Wildman–Crippen MR) is 108 cm³/mol. The summed E-state index contributed by atoms with van der Waals surface area (Å²) in [4.78, 5) is 23.8. The van der Waals surface area contributed by atoms with Gasteiger partial charge in [-0.25, -0.2) is 4.79 Å². The van der Waals surface area contributed by atoms with E-state index in [0.29, 0.717) is 41.8 Å². The molecule has 154 valence electrons. The fourth-order valence-corrected chi connectivity index (χ4v) is 3.62. The van der Waals surface area contributed by atoms with Crippen LogP contribution in [0.1, 0.15) is 17.2 Å². The van der Waals surface area contributed by atoms with Crippen molar-refractivity contribution in [1.29, 1.82) is 0 Å². The van der Waals surface area contributed by atoms with E-state index in [-0.39, 0.29) is 5.69 Å². The van der Waals surface area contributed by atoms with Crippen LogP contribution in [-0.4, -0.2) is 46.8 Å². The zero-order valence-corrected chi connectivity index (χ0v) is 16.8. The Morgan fingerprint density at radius 3 is 2.62 bits per heavy atom. The highest BCUT2D eigenvalue weighted by Gasteiger charge is 2.31. The lowest BCUT2D eigenvalue weighted by Crippen LogP contribution is -2.48.